The standard InChI is InChI=1S/C9H14N4O3/c1-5(14)6(10)2-13-9(16)7-3-12-8(15)4-11-7/h3-6,14H,2,10H2,1H3,(H,12,15)(H,13,16). The van der Waals surface area contributed by atoms with Crippen molar-refractivity contribution in [1.29, 1.82) is 0 Å². The predicted octanol–water partition coefficient (Wildman–Crippen LogP) is -1.79. The molecular formula is C9H14N4O3. The Morgan fingerprint density at radius 1 is 1.75 bits per heavy atom. The first-order valence-electron chi connectivity index (χ1n) is 4.77. The number of amides is 1. The minimum absolute atomic E-state index is 0.0948. The molecule has 2 unspecified atom stereocenters. The molecule has 2 atom stereocenters. The van der Waals surface area contributed by atoms with Crippen LogP contribution >= 0.6 is 0 Å². The maximum atomic E-state index is 11.5. The van der Waals surface area contributed by atoms with E-state index < -0.39 is 18.1 Å². The molecule has 0 aliphatic carbocycles. The average molecular weight is 226 g/mol. The molecule has 1 rings (SSSR count). The van der Waals surface area contributed by atoms with Crippen molar-refractivity contribution in [2.75, 3.05) is 6.54 Å². The van der Waals surface area contributed by atoms with Crippen LogP contribution in [0.25, 0.3) is 0 Å². The lowest BCUT2D eigenvalue weighted by Gasteiger charge is -2.14. The molecule has 0 spiro atoms. The fourth-order valence-corrected chi connectivity index (χ4v) is 0.938. The summed E-state index contributed by atoms with van der Waals surface area (Å²) < 4.78 is 0. The molecule has 7 nitrogen and oxygen atoms in total. The molecule has 0 bridgehead atoms. The van der Waals surface area contributed by atoms with Gasteiger partial charge in [-0.3, -0.25) is 9.59 Å². The number of aromatic amines is 1. The number of aliphatic hydroxyl groups excluding tert-OH is 1. The first-order chi connectivity index (χ1) is 7.50. The van der Waals surface area contributed by atoms with E-state index in [2.05, 4.69) is 15.3 Å². The number of hydrogen-bond acceptors (Lipinski definition) is 5. The number of nitrogens with zero attached hydrogens (tertiary/aromatic N) is 1. The number of carbonyl (C=O) groups is 1. The third kappa shape index (κ3) is 3.44. The van der Waals surface area contributed by atoms with E-state index in [-0.39, 0.29) is 17.8 Å². The molecule has 0 aliphatic rings. The van der Waals surface area contributed by atoms with Crippen molar-refractivity contribution < 1.29 is 9.90 Å². The van der Waals surface area contributed by atoms with Crippen LogP contribution in [0.5, 0.6) is 0 Å². The van der Waals surface area contributed by atoms with Crippen molar-refractivity contribution in [3.05, 3.63) is 28.4 Å². The molecular weight excluding hydrogens is 212 g/mol. The molecule has 1 aromatic heterocycles. The number of nitrogens with one attached hydrogen (secondary N) is 2. The van der Waals surface area contributed by atoms with Gasteiger partial charge in [0.2, 0.25) is 0 Å². The first kappa shape index (κ1) is 12.3. The second kappa shape index (κ2) is 5.38. The largest absolute Gasteiger partial charge is 0.392 e. The van der Waals surface area contributed by atoms with Crippen LogP contribution in [-0.4, -0.2) is 39.7 Å². The van der Waals surface area contributed by atoms with Gasteiger partial charge in [0.25, 0.3) is 11.5 Å². The summed E-state index contributed by atoms with van der Waals surface area (Å²) in [5.74, 6) is -0.452. The number of rotatable bonds is 4. The van der Waals surface area contributed by atoms with Gasteiger partial charge in [0, 0.05) is 18.8 Å². The van der Waals surface area contributed by atoms with E-state index in [0.717, 1.165) is 6.20 Å². The third-order valence-corrected chi connectivity index (χ3v) is 2.02. The van der Waals surface area contributed by atoms with E-state index in [1.54, 1.807) is 0 Å². The lowest BCUT2D eigenvalue weighted by atomic mass is 10.2. The van der Waals surface area contributed by atoms with Gasteiger partial charge in [-0.05, 0) is 6.92 Å². The minimum Gasteiger partial charge on any atom is -0.392 e. The van der Waals surface area contributed by atoms with E-state index in [1.807, 2.05) is 0 Å². The van der Waals surface area contributed by atoms with Crippen LogP contribution in [0.4, 0.5) is 0 Å². The zero-order chi connectivity index (χ0) is 12.1. The van der Waals surface area contributed by atoms with Crippen molar-refractivity contribution in [2.45, 2.75) is 19.1 Å². The second-order valence-electron chi connectivity index (χ2n) is 3.41. The Labute approximate surface area is 91.7 Å². The van der Waals surface area contributed by atoms with Crippen LogP contribution in [-0.2, 0) is 0 Å². The SMILES string of the molecule is CC(O)C(N)CNC(=O)c1c[nH]c(=O)cn1. The molecule has 88 valence electrons. The van der Waals surface area contributed by atoms with Crippen LogP contribution < -0.4 is 16.6 Å². The topological polar surface area (TPSA) is 121 Å². The normalized spacial score (nSPS) is 14.2. The summed E-state index contributed by atoms with van der Waals surface area (Å²) in [7, 11) is 0. The van der Waals surface area contributed by atoms with Gasteiger partial charge >= 0.3 is 0 Å². The predicted molar refractivity (Wildman–Crippen MR) is 56.8 cm³/mol. The summed E-state index contributed by atoms with van der Waals surface area (Å²) in [6, 6.07) is -0.535. The van der Waals surface area contributed by atoms with Gasteiger partial charge in [0.1, 0.15) is 5.69 Å². The lowest BCUT2D eigenvalue weighted by Crippen LogP contribution is -2.43. The molecule has 0 aliphatic heterocycles. The fourth-order valence-electron chi connectivity index (χ4n) is 0.938. The van der Waals surface area contributed by atoms with Crippen LogP contribution in [0.15, 0.2) is 17.2 Å². The second-order valence-corrected chi connectivity index (χ2v) is 3.41. The van der Waals surface area contributed by atoms with Crippen molar-refractivity contribution >= 4 is 5.91 Å². The van der Waals surface area contributed by atoms with Gasteiger partial charge in [0.05, 0.1) is 12.3 Å². The average Bonchev–Trinajstić information content (AvgIpc) is 2.26. The van der Waals surface area contributed by atoms with Gasteiger partial charge in [-0.25, -0.2) is 4.98 Å². The smallest absolute Gasteiger partial charge is 0.271 e. The van der Waals surface area contributed by atoms with E-state index in [9.17, 15) is 9.59 Å². The van der Waals surface area contributed by atoms with Crippen molar-refractivity contribution in [3.8, 4) is 0 Å². The third-order valence-electron chi connectivity index (χ3n) is 2.02. The fraction of sp³-hybridized carbons (Fsp3) is 0.444. The molecule has 1 aromatic rings. The van der Waals surface area contributed by atoms with E-state index in [4.69, 9.17) is 10.8 Å². The highest BCUT2D eigenvalue weighted by Gasteiger charge is 2.12. The Balaban J connectivity index is 2.53. The van der Waals surface area contributed by atoms with Gasteiger partial charge < -0.3 is 21.1 Å². The van der Waals surface area contributed by atoms with Crippen molar-refractivity contribution in [1.82, 2.24) is 15.3 Å². The molecule has 0 radical (unpaired) electrons. The van der Waals surface area contributed by atoms with Gasteiger partial charge in [-0.2, -0.15) is 0 Å². The summed E-state index contributed by atoms with van der Waals surface area (Å²) in [5, 5.41) is 11.6. The molecule has 1 heterocycles. The van der Waals surface area contributed by atoms with Crippen LogP contribution in [0.1, 0.15) is 17.4 Å². The Morgan fingerprint density at radius 2 is 2.44 bits per heavy atom. The molecule has 16 heavy (non-hydrogen) atoms. The minimum atomic E-state index is -0.705. The number of H-pyrrole nitrogens is 1. The maximum absolute atomic E-state index is 11.5. The number of carbonyl (C=O) groups excluding carboxylic acids is 1. The first-order valence-corrected chi connectivity index (χ1v) is 4.77. The number of aliphatic hydroxyl groups is 1. The zero-order valence-corrected chi connectivity index (χ0v) is 8.80. The van der Waals surface area contributed by atoms with Crippen LogP contribution in [0.3, 0.4) is 0 Å². The van der Waals surface area contributed by atoms with Crippen LogP contribution in [0.2, 0.25) is 0 Å². The van der Waals surface area contributed by atoms with Gasteiger partial charge in [-0.1, -0.05) is 0 Å². The summed E-state index contributed by atoms with van der Waals surface area (Å²) >= 11 is 0. The molecule has 7 heteroatoms. The number of nitrogens with two attached hydrogens (primary N) is 1. The monoisotopic (exact) mass is 226 g/mol. The van der Waals surface area contributed by atoms with Gasteiger partial charge in [0.15, 0.2) is 0 Å². The Kier molecular flexibility index (Phi) is 4.15. The van der Waals surface area contributed by atoms with E-state index in [0.29, 0.717) is 0 Å². The highest BCUT2D eigenvalue weighted by atomic mass is 16.3. The summed E-state index contributed by atoms with van der Waals surface area (Å²) in [5.41, 5.74) is 5.24. The molecule has 1 amide bonds. The molecule has 0 saturated carbocycles. The highest BCUT2D eigenvalue weighted by Crippen LogP contribution is 1.90. The van der Waals surface area contributed by atoms with Crippen molar-refractivity contribution in [2.24, 2.45) is 5.73 Å². The molecule has 5 N–H and O–H groups in total. The summed E-state index contributed by atoms with van der Waals surface area (Å²) in [6.45, 7) is 1.67. The Morgan fingerprint density at radius 3 is 2.94 bits per heavy atom. The number of hydrogen-bond donors (Lipinski definition) is 4. The summed E-state index contributed by atoms with van der Waals surface area (Å²) in [4.78, 5) is 28.1. The Bertz CT molecular complexity index is 395. The summed E-state index contributed by atoms with van der Waals surface area (Å²) in [6.07, 6.45) is 1.53. The number of aromatic nitrogens is 2. The zero-order valence-electron chi connectivity index (χ0n) is 8.80. The maximum Gasteiger partial charge on any atom is 0.271 e. The quantitative estimate of drug-likeness (QED) is 0.483. The lowest BCUT2D eigenvalue weighted by molar-refractivity contribution is 0.0932. The van der Waals surface area contributed by atoms with Crippen LogP contribution in [0, 0.1) is 0 Å². The van der Waals surface area contributed by atoms with Gasteiger partial charge in [-0.15, -0.1) is 0 Å². The highest BCUT2D eigenvalue weighted by molar-refractivity contribution is 5.91. The Hall–Kier alpha value is -1.73. The van der Waals surface area contributed by atoms with Crippen molar-refractivity contribution in [3.63, 3.8) is 0 Å². The van der Waals surface area contributed by atoms with E-state index in [1.165, 1.54) is 13.1 Å². The molecule has 0 fully saturated rings. The van der Waals surface area contributed by atoms with E-state index >= 15 is 0 Å². The molecule has 0 aromatic carbocycles. The molecule has 0 saturated heterocycles.